The molecule has 27 heavy (non-hydrogen) atoms. The summed E-state index contributed by atoms with van der Waals surface area (Å²) in [5.74, 6) is 1.25. The van der Waals surface area contributed by atoms with Crippen molar-refractivity contribution in [1.29, 1.82) is 0 Å². The van der Waals surface area contributed by atoms with Gasteiger partial charge in [0.15, 0.2) is 0 Å². The van der Waals surface area contributed by atoms with Gasteiger partial charge in [-0.15, -0.1) is 11.3 Å². The van der Waals surface area contributed by atoms with Gasteiger partial charge in [0.1, 0.15) is 10.6 Å². The molecule has 3 rings (SSSR count). The van der Waals surface area contributed by atoms with Crippen LogP contribution in [-0.4, -0.2) is 43.6 Å². The lowest BCUT2D eigenvalue weighted by molar-refractivity contribution is 0.330. The summed E-state index contributed by atoms with van der Waals surface area (Å²) < 4.78 is 37.0. The van der Waals surface area contributed by atoms with Crippen LogP contribution in [0.5, 0.6) is 5.75 Å². The fourth-order valence-electron chi connectivity index (χ4n) is 2.30. The molecule has 0 atom stereocenters. The highest BCUT2D eigenvalue weighted by Gasteiger charge is 2.23. The Bertz CT molecular complexity index is 998. The molecule has 3 aromatic rings. The highest BCUT2D eigenvalue weighted by Crippen LogP contribution is 2.29. The number of rotatable bonds is 8. The summed E-state index contributed by atoms with van der Waals surface area (Å²) in [7, 11) is -0.679. The van der Waals surface area contributed by atoms with Crippen molar-refractivity contribution >= 4 is 27.0 Å². The van der Waals surface area contributed by atoms with Gasteiger partial charge < -0.3 is 14.6 Å². The van der Waals surface area contributed by atoms with Gasteiger partial charge in [-0.05, 0) is 36.6 Å². The zero-order chi connectivity index (χ0) is 19.4. The molecule has 0 spiro atoms. The number of anilines is 1. The van der Waals surface area contributed by atoms with E-state index in [1.807, 2.05) is 17.5 Å². The predicted molar refractivity (Wildman–Crippen MR) is 103 cm³/mol. The summed E-state index contributed by atoms with van der Waals surface area (Å²) in [6, 6.07) is 8.75. The first kappa shape index (κ1) is 19.3. The van der Waals surface area contributed by atoms with Gasteiger partial charge in [0.2, 0.25) is 21.7 Å². The average Bonchev–Trinajstić information content (AvgIpc) is 3.32. The molecule has 0 aliphatic carbocycles. The number of sulfonamides is 1. The summed E-state index contributed by atoms with van der Waals surface area (Å²) in [6.07, 6.45) is 0. The maximum atomic E-state index is 12.6. The van der Waals surface area contributed by atoms with E-state index in [0.717, 1.165) is 9.18 Å². The van der Waals surface area contributed by atoms with Gasteiger partial charge in [-0.3, -0.25) is 0 Å². The standard InChI is InChI=1S/C17H20N4O4S2/c1-4-24-13-8-7-12(10-15(13)27(22,23)21(2)3)18-11-16-19-17(20-25-16)14-6-5-9-26-14/h5-10,18H,4,11H2,1-3H3. The van der Waals surface area contributed by atoms with E-state index in [0.29, 0.717) is 29.8 Å². The Labute approximate surface area is 161 Å². The van der Waals surface area contributed by atoms with Crippen molar-refractivity contribution in [2.45, 2.75) is 18.4 Å². The molecule has 0 aliphatic rings. The van der Waals surface area contributed by atoms with Crippen molar-refractivity contribution in [3.05, 3.63) is 41.6 Å². The van der Waals surface area contributed by atoms with E-state index >= 15 is 0 Å². The number of aromatic nitrogens is 2. The smallest absolute Gasteiger partial charge is 0.246 e. The molecule has 0 fully saturated rings. The first-order chi connectivity index (χ1) is 12.9. The van der Waals surface area contributed by atoms with Crippen LogP contribution in [-0.2, 0) is 16.6 Å². The number of nitrogens with zero attached hydrogens (tertiary/aromatic N) is 3. The molecule has 144 valence electrons. The third kappa shape index (κ3) is 4.29. The van der Waals surface area contributed by atoms with Crippen molar-refractivity contribution in [3.63, 3.8) is 0 Å². The molecular formula is C17H20N4O4S2. The van der Waals surface area contributed by atoms with Crippen LogP contribution < -0.4 is 10.1 Å². The molecule has 0 saturated carbocycles. The van der Waals surface area contributed by atoms with Crippen LogP contribution in [0.15, 0.2) is 45.1 Å². The summed E-state index contributed by atoms with van der Waals surface area (Å²) in [5, 5.41) is 9.00. The van der Waals surface area contributed by atoms with Crippen LogP contribution in [0.1, 0.15) is 12.8 Å². The Morgan fingerprint density at radius 1 is 1.30 bits per heavy atom. The number of benzene rings is 1. The number of hydrogen-bond donors (Lipinski definition) is 1. The second kappa shape index (κ2) is 8.07. The molecule has 0 saturated heterocycles. The van der Waals surface area contributed by atoms with E-state index in [-0.39, 0.29) is 11.4 Å². The fraction of sp³-hybridized carbons (Fsp3) is 0.294. The number of ether oxygens (including phenoxy) is 1. The topological polar surface area (TPSA) is 97.6 Å². The van der Waals surface area contributed by atoms with Crippen LogP contribution in [0, 0.1) is 0 Å². The highest BCUT2D eigenvalue weighted by molar-refractivity contribution is 7.89. The summed E-state index contributed by atoms with van der Waals surface area (Å²) >= 11 is 1.53. The van der Waals surface area contributed by atoms with Crippen molar-refractivity contribution in [1.82, 2.24) is 14.4 Å². The Hall–Kier alpha value is -2.43. The van der Waals surface area contributed by atoms with Crippen molar-refractivity contribution in [2.24, 2.45) is 0 Å². The first-order valence-electron chi connectivity index (χ1n) is 8.21. The normalized spacial score (nSPS) is 11.7. The van der Waals surface area contributed by atoms with Crippen molar-refractivity contribution < 1.29 is 17.7 Å². The number of nitrogens with one attached hydrogen (secondary N) is 1. The Morgan fingerprint density at radius 3 is 2.78 bits per heavy atom. The Kier molecular flexibility index (Phi) is 5.78. The third-order valence-corrected chi connectivity index (χ3v) is 6.36. The summed E-state index contributed by atoms with van der Waals surface area (Å²) in [4.78, 5) is 5.36. The third-order valence-electron chi connectivity index (χ3n) is 3.66. The predicted octanol–water partition coefficient (Wildman–Crippen LogP) is 3.06. The van der Waals surface area contributed by atoms with E-state index < -0.39 is 10.0 Å². The minimum Gasteiger partial charge on any atom is -0.492 e. The van der Waals surface area contributed by atoms with Crippen LogP contribution in [0.4, 0.5) is 5.69 Å². The van der Waals surface area contributed by atoms with Crippen LogP contribution >= 0.6 is 11.3 Å². The molecule has 1 aromatic carbocycles. The van der Waals surface area contributed by atoms with E-state index in [1.54, 1.807) is 19.1 Å². The van der Waals surface area contributed by atoms with E-state index in [9.17, 15) is 8.42 Å². The van der Waals surface area contributed by atoms with Crippen LogP contribution in [0.2, 0.25) is 0 Å². The Balaban J connectivity index is 1.79. The lowest BCUT2D eigenvalue weighted by Crippen LogP contribution is -2.23. The number of hydrogen-bond acceptors (Lipinski definition) is 8. The minimum absolute atomic E-state index is 0.101. The molecule has 8 nitrogen and oxygen atoms in total. The van der Waals surface area contributed by atoms with Gasteiger partial charge in [0.25, 0.3) is 0 Å². The molecular weight excluding hydrogens is 388 g/mol. The summed E-state index contributed by atoms with van der Waals surface area (Å²) in [5.41, 5.74) is 0.606. The first-order valence-corrected chi connectivity index (χ1v) is 10.5. The molecule has 0 amide bonds. The summed E-state index contributed by atoms with van der Waals surface area (Å²) in [6.45, 7) is 2.45. The van der Waals surface area contributed by atoms with Crippen molar-refractivity contribution in [2.75, 3.05) is 26.0 Å². The van der Waals surface area contributed by atoms with Gasteiger partial charge in [-0.1, -0.05) is 11.2 Å². The molecule has 0 radical (unpaired) electrons. The molecule has 0 unspecified atom stereocenters. The Morgan fingerprint density at radius 2 is 2.11 bits per heavy atom. The lowest BCUT2D eigenvalue weighted by atomic mass is 10.3. The van der Waals surface area contributed by atoms with E-state index in [2.05, 4.69) is 15.5 Å². The van der Waals surface area contributed by atoms with Crippen LogP contribution in [0.25, 0.3) is 10.7 Å². The van der Waals surface area contributed by atoms with Gasteiger partial charge in [0.05, 0.1) is 18.0 Å². The van der Waals surface area contributed by atoms with E-state index in [4.69, 9.17) is 9.26 Å². The maximum absolute atomic E-state index is 12.6. The molecule has 2 heterocycles. The van der Waals surface area contributed by atoms with Gasteiger partial charge in [-0.2, -0.15) is 4.98 Å². The molecule has 0 bridgehead atoms. The fourth-order valence-corrected chi connectivity index (χ4v) is 4.00. The zero-order valence-electron chi connectivity index (χ0n) is 15.2. The van der Waals surface area contributed by atoms with Crippen molar-refractivity contribution in [3.8, 4) is 16.5 Å². The average molecular weight is 409 g/mol. The van der Waals surface area contributed by atoms with Gasteiger partial charge in [-0.25, -0.2) is 12.7 Å². The molecule has 10 heteroatoms. The lowest BCUT2D eigenvalue weighted by Gasteiger charge is -2.16. The maximum Gasteiger partial charge on any atom is 0.246 e. The second-order valence-electron chi connectivity index (χ2n) is 5.72. The quantitative estimate of drug-likeness (QED) is 0.612. The van der Waals surface area contributed by atoms with E-state index in [1.165, 1.54) is 31.5 Å². The van der Waals surface area contributed by atoms with Crippen LogP contribution in [0.3, 0.4) is 0 Å². The molecule has 1 N–H and O–H groups in total. The molecule has 0 aliphatic heterocycles. The monoisotopic (exact) mass is 408 g/mol. The van der Waals surface area contributed by atoms with Gasteiger partial charge in [0, 0.05) is 19.8 Å². The molecule has 2 aromatic heterocycles. The SMILES string of the molecule is CCOc1ccc(NCc2nc(-c3cccs3)no2)cc1S(=O)(=O)N(C)C. The second-order valence-corrected chi connectivity index (χ2v) is 8.79. The largest absolute Gasteiger partial charge is 0.492 e. The number of thiophene rings is 1. The minimum atomic E-state index is -3.64. The van der Waals surface area contributed by atoms with Gasteiger partial charge >= 0.3 is 0 Å². The highest BCUT2D eigenvalue weighted by atomic mass is 32.2. The zero-order valence-corrected chi connectivity index (χ0v) is 16.8.